The molecule has 0 radical (unpaired) electrons. The standard InChI is InChI=1S/C20H20Cl2N2O4/c1-27-16-5-3-15(4-6-16)23-8-10-24(11-9-23)19(25)13-28-20(26)17-12-14(21)2-7-18(17)22/h2-7,12H,8-11,13H2,1H3. The van der Waals surface area contributed by atoms with Crippen LogP contribution in [0.4, 0.5) is 5.69 Å². The number of hydrogen-bond donors (Lipinski definition) is 0. The van der Waals surface area contributed by atoms with Gasteiger partial charge in [0, 0.05) is 36.9 Å². The molecule has 0 aromatic heterocycles. The number of nitrogens with zero attached hydrogens (tertiary/aromatic N) is 2. The fourth-order valence-corrected chi connectivity index (χ4v) is 3.32. The number of ether oxygens (including phenoxy) is 2. The van der Waals surface area contributed by atoms with Crippen molar-refractivity contribution in [2.75, 3.05) is 44.8 Å². The number of amides is 1. The Bertz CT molecular complexity index is 850. The number of rotatable bonds is 5. The molecule has 1 aliphatic heterocycles. The molecule has 3 rings (SSSR count). The Labute approximate surface area is 173 Å². The van der Waals surface area contributed by atoms with Gasteiger partial charge in [-0.15, -0.1) is 0 Å². The lowest BCUT2D eigenvalue weighted by atomic mass is 10.2. The van der Waals surface area contributed by atoms with Crippen molar-refractivity contribution in [1.82, 2.24) is 4.90 Å². The SMILES string of the molecule is COc1ccc(N2CCN(C(=O)COC(=O)c3cc(Cl)ccc3Cl)CC2)cc1. The van der Waals surface area contributed by atoms with Crippen molar-refractivity contribution >= 4 is 40.8 Å². The fourth-order valence-electron chi connectivity index (χ4n) is 2.96. The summed E-state index contributed by atoms with van der Waals surface area (Å²) in [6.07, 6.45) is 0. The number of carbonyl (C=O) groups excluding carboxylic acids is 2. The largest absolute Gasteiger partial charge is 0.497 e. The third-order valence-electron chi connectivity index (χ3n) is 4.55. The van der Waals surface area contributed by atoms with Crippen LogP contribution in [-0.2, 0) is 9.53 Å². The minimum absolute atomic E-state index is 0.145. The van der Waals surface area contributed by atoms with Gasteiger partial charge in [-0.1, -0.05) is 23.2 Å². The van der Waals surface area contributed by atoms with Crippen molar-refractivity contribution < 1.29 is 19.1 Å². The summed E-state index contributed by atoms with van der Waals surface area (Å²) < 4.78 is 10.3. The predicted molar refractivity (Wildman–Crippen MR) is 109 cm³/mol. The first-order chi connectivity index (χ1) is 13.5. The van der Waals surface area contributed by atoms with Gasteiger partial charge in [-0.05, 0) is 42.5 Å². The second-order valence-corrected chi connectivity index (χ2v) is 7.11. The van der Waals surface area contributed by atoms with Crippen LogP contribution in [0.3, 0.4) is 0 Å². The molecule has 1 amide bonds. The van der Waals surface area contributed by atoms with Gasteiger partial charge in [-0.3, -0.25) is 4.79 Å². The van der Waals surface area contributed by atoms with Crippen LogP contribution in [0.2, 0.25) is 10.0 Å². The highest BCUT2D eigenvalue weighted by Gasteiger charge is 2.23. The van der Waals surface area contributed by atoms with E-state index in [1.807, 2.05) is 24.3 Å². The van der Waals surface area contributed by atoms with E-state index in [1.54, 1.807) is 18.1 Å². The van der Waals surface area contributed by atoms with Gasteiger partial charge in [0.15, 0.2) is 6.61 Å². The molecule has 148 valence electrons. The van der Waals surface area contributed by atoms with E-state index >= 15 is 0 Å². The highest BCUT2D eigenvalue weighted by atomic mass is 35.5. The van der Waals surface area contributed by atoms with Gasteiger partial charge in [0.1, 0.15) is 5.75 Å². The minimum Gasteiger partial charge on any atom is -0.497 e. The van der Waals surface area contributed by atoms with Crippen molar-refractivity contribution in [3.63, 3.8) is 0 Å². The van der Waals surface area contributed by atoms with E-state index in [0.717, 1.165) is 11.4 Å². The zero-order valence-corrected chi connectivity index (χ0v) is 16.9. The summed E-state index contributed by atoms with van der Waals surface area (Å²) in [5, 5.41) is 0.604. The van der Waals surface area contributed by atoms with Crippen molar-refractivity contribution in [2.24, 2.45) is 0 Å². The van der Waals surface area contributed by atoms with E-state index in [9.17, 15) is 9.59 Å². The molecule has 1 saturated heterocycles. The molecule has 1 aliphatic rings. The Morgan fingerprint density at radius 3 is 2.32 bits per heavy atom. The van der Waals surface area contributed by atoms with Gasteiger partial charge in [0.2, 0.25) is 0 Å². The number of piperazine rings is 1. The number of methoxy groups -OCH3 is 1. The molecule has 8 heteroatoms. The third kappa shape index (κ3) is 4.88. The molecule has 0 bridgehead atoms. The van der Waals surface area contributed by atoms with Crippen molar-refractivity contribution in [1.29, 1.82) is 0 Å². The summed E-state index contributed by atoms with van der Waals surface area (Å²) in [6, 6.07) is 12.3. The van der Waals surface area contributed by atoms with Gasteiger partial charge in [-0.2, -0.15) is 0 Å². The molecule has 0 saturated carbocycles. The first kappa shape index (κ1) is 20.3. The van der Waals surface area contributed by atoms with E-state index < -0.39 is 5.97 Å². The molecular weight excluding hydrogens is 403 g/mol. The number of hydrogen-bond acceptors (Lipinski definition) is 5. The Morgan fingerprint density at radius 2 is 1.68 bits per heavy atom. The molecular formula is C20H20Cl2N2O4. The second kappa shape index (κ2) is 9.17. The van der Waals surface area contributed by atoms with E-state index in [-0.39, 0.29) is 23.1 Å². The smallest absolute Gasteiger partial charge is 0.340 e. The topological polar surface area (TPSA) is 59.1 Å². The van der Waals surface area contributed by atoms with Crippen molar-refractivity contribution in [3.05, 3.63) is 58.1 Å². The predicted octanol–water partition coefficient (Wildman–Crippen LogP) is 3.51. The minimum atomic E-state index is -0.669. The number of carbonyl (C=O) groups is 2. The third-order valence-corrected chi connectivity index (χ3v) is 5.11. The lowest BCUT2D eigenvalue weighted by molar-refractivity contribution is -0.134. The summed E-state index contributed by atoms with van der Waals surface area (Å²) in [4.78, 5) is 28.4. The van der Waals surface area contributed by atoms with Crippen LogP contribution >= 0.6 is 23.2 Å². The maximum Gasteiger partial charge on any atom is 0.340 e. The van der Waals surface area contributed by atoms with Gasteiger partial charge in [0.25, 0.3) is 5.91 Å². The van der Waals surface area contributed by atoms with Crippen LogP contribution in [0.25, 0.3) is 0 Å². The molecule has 1 heterocycles. The van der Waals surface area contributed by atoms with Crippen molar-refractivity contribution in [2.45, 2.75) is 0 Å². The molecule has 28 heavy (non-hydrogen) atoms. The van der Waals surface area contributed by atoms with Crippen LogP contribution in [0.5, 0.6) is 5.75 Å². The molecule has 0 spiro atoms. The molecule has 6 nitrogen and oxygen atoms in total. The van der Waals surface area contributed by atoms with Gasteiger partial charge >= 0.3 is 5.97 Å². The summed E-state index contributed by atoms with van der Waals surface area (Å²) in [7, 11) is 1.63. The quantitative estimate of drug-likeness (QED) is 0.689. The maximum absolute atomic E-state index is 12.4. The number of anilines is 1. The fraction of sp³-hybridized carbons (Fsp3) is 0.300. The van der Waals surface area contributed by atoms with Crippen LogP contribution < -0.4 is 9.64 Å². The Morgan fingerprint density at radius 1 is 1.00 bits per heavy atom. The van der Waals surface area contributed by atoms with Crippen LogP contribution in [0.1, 0.15) is 10.4 Å². The summed E-state index contributed by atoms with van der Waals surface area (Å²) >= 11 is 11.9. The van der Waals surface area contributed by atoms with Crippen molar-refractivity contribution in [3.8, 4) is 5.75 Å². The van der Waals surface area contributed by atoms with E-state index in [0.29, 0.717) is 31.2 Å². The maximum atomic E-state index is 12.4. The molecule has 0 atom stereocenters. The first-order valence-corrected chi connectivity index (χ1v) is 9.52. The zero-order valence-electron chi connectivity index (χ0n) is 15.4. The Kier molecular flexibility index (Phi) is 6.65. The number of halogens is 2. The van der Waals surface area contributed by atoms with Gasteiger partial charge < -0.3 is 19.3 Å². The lowest BCUT2D eigenvalue weighted by Crippen LogP contribution is -2.49. The van der Waals surface area contributed by atoms with E-state index in [1.165, 1.54) is 12.1 Å². The molecule has 2 aromatic rings. The Hall–Kier alpha value is -2.44. The van der Waals surface area contributed by atoms with Crippen LogP contribution in [-0.4, -0.2) is 56.7 Å². The average molecular weight is 423 g/mol. The van der Waals surface area contributed by atoms with Crippen LogP contribution in [0, 0.1) is 0 Å². The molecule has 0 N–H and O–H groups in total. The molecule has 1 fully saturated rings. The van der Waals surface area contributed by atoms with Gasteiger partial charge in [-0.25, -0.2) is 4.79 Å². The average Bonchev–Trinajstić information content (AvgIpc) is 2.73. The highest BCUT2D eigenvalue weighted by Crippen LogP contribution is 2.22. The molecule has 0 unspecified atom stereocenters. The summed E-state index contributed by atoms with van der Waals surface area (Å²) in [6.45, 7) is 2.18. The lowest BCUT2D eigenvalue weighted by Gasteiger charge is -2.36. The molecule has 2 aromatic carbocycles. The molecule has 0 aliphatic carbocycles. The van der Waals surface area contributed by atoms with E-state index in [2.05, 4.69) is 4.90 Å². The van der Waals surface area contributed by atoms with Gasteiger partial charge in [0.05, 0.1) is 17.7 Å². The second-order valence-electron chi connectivity index (χ2n) is 6.27. The zero-order chi connectivity index (χ0) is 20.1. The Balaban J connectivity index is 1.49. The summed E-state index contributed by atoms with van der Waals surface area (Å²) in [5.74, 6) is -0.0993. The monoisotopic (exact) mass is 422 g/mol. The number of benzene rings is 2. The first-order valence-electron chi connectivity index (χ1n) is 8.77. The van der Waals surface area contributed by atoms with Crippen LogP contribution in [0.15, 0.2) is 42.5 Å². The van der Waals surface area contributed by atoms with E-state index in [4.69, 9.17) is 32.7 Å². The summed E-state index contributed by atoms with van der Waals surface area (Å²) in [5.41, 5.74) is 1.22. The highest BCUT2D eigenvalue weighted by molar-refractivity contribution is 6.35. The number of esters is 1. The normalized spacial score (nSPS) is 14.0.